The monoisotopic (exact) mass is 370 g/mol. The number of amides is 2. The highest BCUT2D eigenvalue weighted by molar-refractivity contribution is 5.95. The molecule has 0 aromatic heterocycles. The van der Waals surface area contributed by atoms with Crippen molar-refractivity contribution < 1.29 is 14.0 Å². The maximum Gasteiger partial charge on any atom is 0.242 e. The van der Waals surface area contributed by atoms with Gasteiger partial charge >= 0.3 is 0 Å². The topological polar surface area (TPSA) is 82.3 Å². The lowest BCUT2D eigenvalue weighted by molar-refractivity contribution is -0.120. The Labute approximate surface area is 157 Å². The van der Waals surface area contributed by atoms with Crippen LogP contribution in [0.15, 0.2) is 48.5 Å². The van der Waals surface area contributed by atoms with Gasteiger partial charge in [-0.1, -0.05) is 24.3 Å². The molecule has 6 nitrogen and oxygen atoms in total. The summed E-state index contributed by atoms with van der Waals surface area (Å²) in [5.41, 5.74) is 8.54. The van der Waals surface area contributed by atoms with E-state index in [0.717, 1.165) is 11.1 Å². The summed E-state index contributed by atoms with van der Waals surface area (Å²) in [6, 6.07) is 13.0. The van der Waals surface area contributed by atoms with Crippen molar-refractivity contribution >= 4 is 17.5 Å². The van der Waals surface area contributed by atoms with E-state index in [1.807, 2.05) is 19.1 Å². The van der Waals surface area contributed by atoms with Crippen molar-refractivity contribution in [3.63, 3.8) is 0 Å². The van der Waals surface area contributed by atoms with Gasteiger partial charge in [-0.25, -0.2) is 15.2 Å². The predicted molar refractivity (Wildman–Crippen MR) is 101 cm³/mol. The number of anilines is 1. The smallest absolute Gasteiger partial charge is 0.242 e. The summed E-state index contributed by atoms with van der Waals surface area (Å²) in [4.78, 5) is 24.1. The number of hydrogen-bond acceptors (Lipinski definition) is 4. The first kappa shape index (κ1) is 19.0. The van der Waals surface area contributed by atoms with Crippen molar-refractivity contribution in [2.75, 3.05) is 11.9 Å². The standard InChI is InChI=1S/C20H23FN4O2/c1-2-22-19(26)11-13-3-9-16(10-4-13)23-20(27)18-12-17(24-25-18)14-5-7-15(21)8-6-14/h3-10,17-18,24-25H,2,11-12H2,1H3,(H,22,26)(H,23,27). The van der Waals surface area contributed by atoms with E-state index in [9.17, 15) is 14.0 Å². The van der Waals surface area contributed by atoms with Crippen molar-refractivity contribution in [2.24, 2.45) is 0 Å². The summed E-state index contributed by atoms with van der Waals surface area (Å²) in [7, 11) is 0. The minimum absolute atomic E-state index is 0.0256. The molecule has 142 valence electrons. The number of hydrazine groups is 1. The van der Waals surface area contributed by atoms with Crippen molar-refractivity contribution in [1.82, 2.24) is 16.2 Å². The molecule has 4 N–H and O–H groups in total. The molecule has 7 heteroatoms. The maximum absolute atomic E-state index is 13.0. The fraction of sp³-hybridized carbons (Fsp3) is 0.300. The highest BCUT2D eigenvalue weighted by Gasteiger charge is 2.30. The van der Waals surface area contributed by atoms with Crippen LogP contribution in [0.5, 0.6) is 0 Å². The Bertz CT molecular complexity index is 793. The molecule has 2 atom stereocenters. The molecule has 27 heavy (non-hydrogen) atoms. The molecule has 0 aliphatic carbocycles. The fourth-order valence-corrected chi connectivity index (χ4v) is 3.02. The average molecular weight is 370 g/mol. The highest BCUT2D eigenvalue weighted by Crippen LogP contribution is 2.23. The predicted octanol–water partition coefficient (Wildman–Crippen LogP) is 2.05. The summed E-state index contributed by atoms with van der Waals surface area (Å²) in [6.45, 7) is 2.48. The number of rotatable bonds is 6. The number of hydrogen-bond donors (Lipinski definition) is 4. The van der Waals surface area contributed by atoms with Gasteiger partial charge in [-0.05, 0) is 48.7 Å². The molecule has 0 spiro atoms. The number of halogens is 1. The van der Waals surface area contributed by atoms with Gasteiger partial charge in [0.1, 0.15) is 11.9 Å². The van der Waals surface area contributed by atoms with E-state index in [-0.39, 0.29) is 23.7 Å². The number of benzene rings is 2. The van der Waals surface area contributed by atoms with Gasteiger partial charge in [0.05, 0.1) is 6.42 Å². The normalized spacial score (nSPS) is 18.9. The van der Waals surface area contributed by atoms with Crippen LogP contribution in [-0.2, 0) is 16.0 Å². The van der Waals surface area contributed by atoms with E-state index in [0.29, 0.717) is 25.1 Å². The summed E-state index contributed by atoms with van der Waals surface area (Å²) < 4.78 is 13.0. The second-order valence-corrected chi connectivity index (χ2v) is 6.50. The molecule has 3 rings (SSSR count). The molecule has 2 aromatic carbocycles. The number of carbonyl (C=O) groups excluding carboxylic acids is 2. The zero-order valence-corrected chi connectivity index (χ0v) is 15.1. The van der Waals surface area contributed by atoms with E-state index in [1.54, 1.807) is 24.3 Å². The van der Waals surface area contributed by atoms with Crippen molar-refractivity contribution in [2.45, 2.75) is 31.8 Å². The summed E-state index contributed by atoms with van der Waals surface area (Å²) in [6.07, 6.45) is 0.877. The first-order valence-corrected chi connectivity index (χ1v) is 8.98. The lowest BCUT2D eigenvalue weighted by Crippen LogP contribution is -2.39. The van der Waals surface area contributed by atoms with Gasteiger partial charge < -0.3 is 10.6 Å². The first-order valence-electron chi connectivity index (χ1n) is 8.98. The van der Waals surface area contributed by atoms with Crippen molar-refractivity contribution in [3.05, 3.63) is 65.5 Å². The van der Waals surface area contributed by atoms with E-state index in [4.69, 9.17) is 0 Å². The van der Waals surface area contributed by atoms with Gasteiger partial charge in [0.2, 0.25) is 11.8 Å². The van der Waals surface area contributed by atoms with Gasteiger partial charge in [-0.3, -0.25) is 9.59 Å². The molecule has 0 radical (unpaired) electrons. The SMILES string of the molecule is CCNC(=O)Cc1ccc(NC(=O)C2CC(c3ccc(F)cc3)NN2)cc1. The third-order valence-corrected chi connectivity index (χ3v) is 4.45. The van der Waals surface area contributed by atoms with Gasteiger partial charge in [0.15, 0.2) is 0 Å². The first-order chi connectivity index (χ1) is 13.0. The Morgan fingerprint density at radius 3 is 2.44 bits per heavy atom. The minimum Gasteiger partial charge on any atom is -0.356 e. The zero-order valence-electron chi connectivity index (χ0n) is 15.1. The number of carbonyl (C=O) groups is 2. The quantitative estimate of drug-likeness (QED) is 0.627. The van der Waals surface area contributed by atoms with Crippen LogP contribution in [0.4, 0.5) is 10.1 Å². The molecule has 2 unspecified atom stereocenters. The molecule has 1 fully saturated rings. The van der Waals surface area contributed by atoms with Crippen LogP contribution in [0.2, 0.25) is 0 Å². The van der Waals surface area contributed by atoms with Crippen LogP contribution in [0.3, 0.4) is 0 Å². The lowest BCUT2D eigenvalue weighted by atomic mass is 10.0. The Morgan fingerprint density at radius 1 is 1.07 bits per heavy atom. The lowest BCUT2D eigenvalue weighted by Gasteiger charge is -2.11. The maximum atomic E-state index is 13.0. The Kier molecular flexibility index (Phi) is 6.16. The Balaban J connectivity index is 1.53. The van der Waals surface area contributed by atoms with Crippen LogP contribution in [0.1, 0.15) is 30.5 Å². The number of nitrogens with one attached hydrogen (secondary N) is 4. The molecule has 1 saturated heterocycles. The molecule has 2 amide bonds. The van der Waals surface area contributed by atoms with Crippen LogP contribution < -0.4 is 21.5 Å². The van der Waals surface area contributed by atoms with E-state index >= 15 is 0 Å². The zero-order chi connectivity index (χ0) is 19.2. The molecule has 2 aromatic rings. The van der Waals surface area contributed by atoms with Crippen LogP contribution in [0, 0.1) is 5.82 Å². The largest absolute Gasteiger partial charge is 0.356 e. The summed E-state index contributed by atoms with van der Waals surface area (Å²) in [5, 5.41) is 5.62. The third-order valence-electron chi connectivity index (χ3n) is 4.45. The molecule has 1 aliphatic rings. The highest BCUT2D eigenvalue weighted by atomic mass is 19.1. The van der Waals surface area contributed by atoms with Crippen LogP contribution in [-0.4, -0.2) is 24.4 Å². The third kappa shape index (κ3) is 5.12. The fourth-order valence-electron chi connectivity index (χ4n) is 3.02. The van der Waals surface area contributed by atoms with Crippen LogP contribution >= 0.6 is 0 Å². The summed E-state index contributed by atoms with van der Waals surface area (Å²) in [5.74, 6) is -0.458. The Morgan fingerprint density at radius 2 is 1.78 bits per heavy atom. The van der Waals surface area contributed by atoms with E-state index in [2.05, 4.69) is 21.5 Å². The molecular formula is C20H23FN4O2. The molecule has 0 bridgehead atoms. The second-order valence-electron chi connectivity index (χ2n) is 6.50. The average Bonchev–Trinajstić information content (AvgIpc) is 3.14. The van der Waals surface area contributed by atoms with Gasteiger partial charge in [-0.2, -0.15) is 0 Å². The van der Waals surface area contributed by atoms with Crippen LogP contribution in [0.25, 0.3) is 0 Å². The van der Waals surface area contributed by atoms with E-state index < -0.39 is 6.04 Å². The molecule has 1 aliphatic heterocycles. The summed E-state index contributed by atoms with van der Waals surface area (Å²) >= 11 is 0. The molecular weight excluding hydrogens is 347 g/mol. The number of likely N-dealkylation sites (N-methyl/N-ethyl adjacent to an activating group) is 1. The van der Waals surface area contributed by atoms with E-state index in [1.165, 1.54) is 12.1 Å². The Hall–Kier alpha value is -2.77. The van der Waals surface area contributed by atoms with Crippen molar-refractivity contribution in [1.29, 1.82) is 0 Å². The molecule has 1 heterocycles. The van der Waals surface area contributed by atoms with Crippen molar-refractivity contribution in [3.8, 4) is 0 Å². The van der Waals surface area contributed by atoms with Gasteiger partial charge in [0.25, 0.3) is 0 Å². The van der Waals surface area contributed by atoms with Gasteiger partial charge in [0, 0.05) is 18.3 Å². The minimum atomic E-state index is -0.393. The molecule has 0 saturated carbocycles. The second kappa shape index (κ2) is 8.75. The van der Waals surface area contributed by atoms with Gasteiger partial charge in [-0.15, -0.1) is 0 Å².